The summed E-state index contributed by atoms with van der Waals surface area (Å²) < 4.78 is 7.82. The average Bonchev–Trinajstić information content (AvgIpc) is 3.47. The summed E-state index contributed by atoms with van der Waals surface area (Å²) in [5.41, 5.74) is 5.52. The second kappa shape index (κ2) is 9.10. The topological polar surface area (TPSA) is 46.5 Å². The van der Waals surface area contributed by atoms with E-state index in [0.717, 1.165) is 35.5 Å². The maximum atomic E-state index is 13.9. The van der Waals surface area contributed by atoms with Crippen LogP contribution in [0.15, 0.2) is 66.9 Å². The fourth-order valence-corrected chi connectivity index (χ4v) is 6.81. The van der Waals surface area contributed by atoms with Gasteiger partial charge in [-0.05, 0) is 85.3 Å². The van der Waals surface area contributed by atoms with Gasteiger partial charge in [0.05, 0.1) is 25.4 Å². The number of amides is 2. The molecule has 0 saturated carbocycles. The zero-order chi connectivity index (χ0) is 23.9. The van der Waals surface area contributed by atoms with E-state index in [-0.39, 0.29) is 12.1 Å². The van der Waals surface area contributed by atoms with Crippen LogP contribution < -0.4 is 10.1 Å². The van der Waals surface area contributed by atoms with Crippen LogP contribution in [0.3, 0.4) is 0 Å². The molecule has 0 fully saturated rings. The Morgan fingerprint density at radius 3 is 2.71 bits per heavy atom. The molecule has 3 heterocycles. The Balaban J connectivity index is 1.50. The van der Waals surface area contributed by atoms with Crippen molar-refractivity contribution in [3.8, 4) is 10.8 Å². The third kappa shape index (κ3) is 4.01. The van der Waals surface area contributed by atoms with E-state index in [1.54, 1.807) is 19.2 Å². The SMILES string of the molecule is COc1cccc(C2c3cccn3-c3sc4c(c3CN2C(=O)Nc2ccc(Cl)cc2)CCCC4)c1. The first kappa shape index (κ1) is 22.3. The van der Waals surface area contributed by atoms with Gasteiger partial charge in [0.2, 0.25) is 0 Å². The summed E-state index contributed by atoms with van der Waals surface area (Å²) in [4.78, 5) is 17.4. The highest BCUT2D eigenvalue weighted by atomic mass is 35.5. The van der Waals surface area contributed by atoms with Crippen LogP contribution in [0.5, 0.6) is 5.75 Å². The van der Waals surface area contributed by atoms with E-state index in [9.17, 15) is 4.79 Å². The van der Waals surface area contributed by atoms with Gasteiger partial charge >= 0.3 is 6.03 Å². The van der Waals surface area contributed by atoms with Gasteiger partial charge in [-0.2, -0.15) is 0 Å². The number of carbonyl (C=O) groups excluding carboxylic acids is 1. The molecule has 2 aliphatic rings. The van der Waals surface area contributed by atoms with Crippen molar-refractivity contribution < 1.29 is 9.53 Å². The first-order valence-corrected chi connectivity index (χ1v) is 13.1. The van der Waals surface area contributed by atoms with Gasteiger partial charge in [0, 0.05) is 27.3 Å². The lowest BCUT2D eigenvalue weighted by Crippen LogP contribution is -2.38. The lowest BCUT2D eigenvalue weighted by atomic mass is 9.95. The molecule has 4 aromatic rings. The van der Waals surface area contributed by atoms with E-state index >= 15 is 0 Å². The van der Waals surface area contributed by atoms with Crippen LogP contribution in [0.25, 0.3) is 5.00 Å². The average molecular weight is 504 g/mol. The van der Waals surface area contributed by atoms with Crippen molar-refractivity contribution in [3.63, 3.8) is 0 Å². The summed E-state index contributed by atoms with van der Waals surface area (Å²) in [6.07, 6.45) is 6.77. The zero-order valence-corrected chi connectivity index (χ0v) is 21.0. The third-order valence-electron chi connectivity index (χ3n) is 6.94. The van der Waals surface area contributed by atoms with Crippen molar-refractivity contribution in [3.05, 3.63) is 99.1 Å². The van der Waals surface area contributed by atoms with Gasteiger partial charge in [-0.15, -0.1) is 11.3 Å². The van der Waals surface area contributed by atoms with Crippen LogP contribution >= 0.6 is 22.9 Å². The molecule has 1 N–H and O–H groups in total. The Labute approximate surface area is 213 Å². The van der Waals surface area contributed by atoms with Gasteiger partial charge in [0.25, 0.3) is 0 Å². The summed E-state index contributed by atoms with van der Waals surface area (Å²) in [6, 6.07) is 19.0. The normalized spacial score (nSPS) is 16.6. The Morgan fingerprint density at radius 1 is 1.06 bits per heavy atom. The van der Waals surface area contributed by atoms with Crippen molar-refractivity contribution in [2.24, 2.45) is 0 Å². The molecular weight excluding hydrogens is 478 g/mol. The van der Waals surface area contributed by atoms with E-state index < -0.39 is 0 Å². The molecule has 2 amide bonds. The lowest BCUT2D eigenvalue weighted by molar-refractivity contribution is 0.194. The van der Waals surface area contributed by atoms with Crippen molar-refractivity contribution in [1.82, 2.24) is 9.47 Å². The van der Waals surface area contributed by atoms with E-state index in [0.29, 0.717) is 11.6 Å². The number of aromatic nitrogens is 1. The highest BCUT2D eigenvalue weighted by Crippen LogP contribution is 2.44. The minimum atomic E-state index is -0.272. The van der Waals surface area contributed by atoms with E-state index in [1.165, 1.54) is 33.8 Å². The number of fused-ring (bicyclic) bond motifs is 5. The molecule has 35 heavy (non-hydrogen) atoms. The molecule has 1 atom stereocenters. The predicted octanol–water partition coefficient (Wildman–Crippen LogP) is 7.22. The number of hydrogen-bond donors (Lipinski definition) is 1. The molecule has 0 spiro atoms. The second-order valence-electron chi connectivity index (χ2n) is 9.04. The fraction of sp³-hybridized carbons (Fsp3) is 0.250. The number of nitrogens with one attached hydrogen (secondary N) is 1. The van der Waals surface area contributed by atoms with Crippen LogP contribution in [-0.2, 0) is 19.4 Å². The van der Waals surface area contributed by atoms with Crippen LogP contribution in [0.4, 0.5) is 10.5 Å². The van der Waals surface area contributed by atoms with E-state index in [2.05, 4.69) is 34.3 Å². The number of aryl methyl sites for hydroxylation is 1. The minimum Gasteiger partial charge on any atom is -0.497 e. The molecule has 178 valence electrons. The van der Waals surface area contributed by atoms with Crippen molar-refractivity contribution in [1.29, 1.82) is 0 Å². The smallest absolute Gasteiger partial charge is 0.322 e. The van der Waals surface area contributed by atoms with Crippen LogP contribution in [0, 0.1) is 0 Å². The maximum absolute atomic E-state index is 13.9. The molecule has 2 aromatic carbocycles. The fourth-order valence-electron chi connectivity index (χ4n) is 5.28. The largest absolute Gasteiger partial charge is 0.497 e. The number of benzene rings is 2. The zero-order valence-electron chi connectivity index (χ0n) is 19.5. The van der Waals surface area contributed by atoms with Gasteiger partial charge in [0.15, 0.2) is 0 Å². The van der Waals surface area contributed by atoms with Gasteiger partial charge in [-0.25, -0.2) is 4.79 Å². The Bertz CT molecular complexity index is 1390. The molecule has 7 heteroatoms. The molecule has 2 aromatic heterocycles. The molecule has 5 nitrogen and oxygen atoms in total. The third-order valence-corrected chi connectivity index (χ3v) is 8.53. The number of anilines is 1. The Morgan fingerprint density at radius 2 is 1.89 bits per heavy atom. The Kier molecular flexibility index (Phi) is 5.78. The first-order chi connectivity index (χ1) is 17.1. The van der Waals surface area contributed by atoms with E-state index in [1.807, 2.05) is 46.6 Å². The number of ether oxygens (including phenoxy) is 1. The highest BCUT2D eigenvalue weighted by Gasteiger charge is 2.36. The monoisotopic (exact) mass is 503 g/mol. The molecule has 0 saturated heterocycles. The molecular formula is C28H26ClN3O2S. The predicted molar refractivity (Wildman–Crippen MR) is 141 cm³/mol. The molecule has 0 bridgehead atoms. The van der Waals surface area contributed by atoms with E-state index in [4.69, 9.17) is 16.3 Å². The van der Waals surface area contributed by atoms with Gasteiger partial charge in [-0.3, -0.25) is 0 Å². The summed E-state index contributed by atoms with van der Waals surface area (Å²) in [6.45, 7) is 0.546. The lowest BCUT2D eigenvalue weighted by Gasteiger charge is -2.31. The van der Waals surface area contributed by atoms with Crippen LogP contribution in [0.2, 0.25) is 5.02 Å². The molecule has 6 rings (SSSR count). The summed E-state index contributed by atoms with van der Waals surface area (Å²) >= 11 is 7.96. The molecule has 0 radical (unpaired) electrons. The maximum Gasteiger partial charge on any atom is 0.322 e. The molecule has 1 aliphatic carbocycles. The van der Waals surface area contributed by atoms with Gasteiger partial charge < -0.3 is 19.5 Å². The standard InChI is InChI=1S/C28H26ClN3O2S/c1-34-21-7-4-6-18(16-21)26-24-9-5-15-31(24)27-23(22-8-2-3-10-25(22)35-27)17-32(26)28(33)30-20-13-11-19(29)12-14-20/h4-7,9,11-16,26H,2-3,8,10,17H2,1H3,(H,30,33). The quantitative estimate of drug-likeness (QED) is 0.321. The molecule has 1 aliphatic heterocycles. The number of thiophene rings is 1. The number of carbonyl (C=O) groups is 1. The highest BCUT2D eigenvalue weighted by molar-refractivity contribution is 7.15. The second-order valence-corrected chi connectivity index (χ2v) is 10.6. The number of nitrogens with zero attached hydrogens (tertiary/aromatic N) is 2. The van der Waals surface area contributed by atoms with Crippen molar-refractivity contribution in [2.75, 3.05) is 12.4 Å². The minimum absolute atomic E-state index is 0.142. The number of halogens is 1. The van der Waals surface area contributed by atoms with Gasteiger partial charge in [0.1, 0.15) is 10.8 Å². The van der Waals surface area contributed by atoms with Crippen molar-refractivity contribution in [2.45, 2.75) is 38.3 Å². The number of rotatable bonds is 3. The number of urea groups is 1. The molecule has 1 unspecified atom stereocenters. The van der Waals surface area contributed by atoms with Crippen LogP contribution in [-0.4, -0.2) is 22.6 Å². The van der Waals surface area contributed by atoms with Crippen LogP contribution in [0.1, 0.15) is 46.1 Å². The summed E-state index contributed by atoms with van der Waals surface area (Å²) in [7, 11) is 1.67. The summed E-state index contributed by atoms with van der Waals surface area (Å²) in [5.74, 6) is 0.773. The number of hydrogen-bond acceptors (Lipinski definition) is 3. The Hall–Kier alpha value is -3.22. The van der Waals surface area contributed by atoms with Crippen molar-refractivity contribution >= 4 is 34.7 Å². The van der Waals surface area contributed by atoms with Gasteiger partial charge in [-0.1, -0.05) is 23.7 Å². The first-order valence-electron chi connectivity index (χ1n) is 11.9. The number of methoxy groups -OCH3 is 1. The summed E-state index contributed by atoms with van der Waals surface area (Å²) in [5, 5.41) is 4.99.